The smallest absolute Gasteiger partial charge is 0.0443 e. The van der Waals surface area contributed by atoms with Crippen LogP contribution in [0.25, 0.3) is 0 Å². The Balaban J connectivity index is 2.17. The molecule has 1 heterocycles. The summed E-state index contributed by atoms with van der Waals surface area (Å²) in [6.07, 6.45) is 2.23. The van der Waals surface area contributed by atoms with Crippen molar-refractivity contribution in [1.82, 2.24) is 4.90 Å². The molecule has 12 heavy (non-hydrogen) atoms. The molecule has 2 nitrogen and oxygen atoms in total. The van der Waals surface area contributed by atoms with E-state index in [0.717, 1.165) is 18.2 Å². The molecule has 1 atom stereocenters. The molecule has 0 aromatic rings. The molecule has 3 heteroatoms. The molecule has 0 saturated carbocycles. The lowest BCUT2D eigenvalue weighted by molar-refractivity contribution is 0.232. The molecule has 1 aliphatic rings. The van der Waals surface area contributed by atoms with E-state index in [4.69, 9.17) is 5.11 Å². The summed E-state index contributed by atoms with van der Waals surface area (Å²) in [6.45, 7) is 6.13. The lowest BCUT2D eigenvalue weighted by Gasteiger charge is -2.18. The Hall–Kier alpha value is 0.270. The first kappa shape index (κ1) is 10.4. The van der Waals surface area contributed by atoms with Gasteiger partial charge < -0.3 is 10.0 Å². The van der Waals surface area contributed by atoms with E-state index in [1.165, 1.54) is 25.3 Å². The number of nitrogens with zero attached hydrogens (tertiary/aromatic N) is 1. The van der Waals surface area contributed by atoms with Gasteiger partial charge in [-0.05, 0) is 19.4 Å². The van der Waals surface area contributed by atoms with Gasteiger partial charge in [0.1, 0.15) is 0 Å². The molecule has 1 aliphatic heterocycles. The van der Waals surface area contributed by atoms with E-state index in [0.29, 0.717) is 6.61 Å². The van der Waals surface area contributed by atoms with Crippen LogP contribution in [0.5, 0.6) is 0 Å². The summed E-state index contributed by atoms with van der Waals surface area (Å²) in [7, 11) is 0. The minimum atomic E-state index is 0.333. The van der Waals surface area contributed by atoms with Crippen LogP contribution in [0.2, 0.25) is 0 Å². The van der Waals surface area contributed by atoms with Crippen molar-refractivity contribution in [2.75, 3.05) is 32.0 Å². The van der Waals surface area contributed by atoms with Crippen molar-refractivity contribution in [2.45, 2.75) is 25.0 Å². The molecule has 1 saturated heterocycles. The van der Waals surface area contributed by atoms with E-state index in [9.17, 15) is 0 Å². The largest absolute Gasteiger partial charge is 0.396 e. The molecule has 0 radical (unpaired) electrons. The Kier molecular flexibility index (Phi) is 5.04. The first-order valence-corrected chi connectivity index (χ1v) is 5.82. The highest BCUT2D eigenvalue weighted by Crippen LogP contribution is 2.18. The Bertz CT molecular complexity index is 119. The van der Waals surface area contributed by atoms with Crippen LogP contribution < -0.4 is 0 Å². The summed E-state index contributed by atoms with van der Waals surface area (Å²) in [6, 6.07) is 0. The summed E-state index contributed by atoms with van der Waals surface area (Å²) < 4.78 is 0. The minimum Gasteiger partial charge on any atom is -0.396 e. The molecule has 72 valence electrons. The maximum atomic E-state index is 8.69. The first-order valence-electron chi connectivity index (χ1n) is 4.77. The molecule has 0 aromatic carbocycles. The van der Waals surface area contributed by atoms with E-state index in [2.05, 4.69) is 23.6 Å². The number of hydrogen-bond acceptors (Lipinski definition) is 3. The highest BCUT2D eigenvalue weighted by molar-refractivity contribution is 7.99. The van der Waals surface area contributed by atoms with E-state index in [1.54, 1.807) is 0 Å². The van der Waals surface area contributed by atoms with Gasteiger partial charge in [-0.3, -0.25) is 0 Å². The average Bonchev–Trinajstić information content (AvgIpc) is 2.27. The third-order valence-electron chi connectivity index (χ3n) is 2.29. The Labute approximate surface area is 79.3 Å². The van der Waals surface area contributed by atoms with E-state index >= 15 is 0 Å². The monoisotopic (exact) mass is 189 g/mol. The fourth-order valence-corrected chi connectivity index (χ4v) is 2.50. The van der Waals surface area contributed by atoms with Gasteiger partial charge in [-0.2, -0.15) is 11.8 Å². The van der Waals surface area contributed by atoms with Crippen molar-refractivity contribution in [3.8, 4) is 0 Å². The molecule has 0 spiro atoms. The van der Waals surface area contributed by atoms with Gasteiger partial charge in [0.25, 0.3) is 0 Å². The van der Waals surface area contributed by atoms with Crippen molar-refractivity contribution >= 4 is 11.8 Å². The zero-order chi connectivity index (χ0) is 8.81. The summed E-state index contributed by atoms with van der Waals surface area (Å²) in [4.78, 5) is 2.46. The van der Waals surface area contributed by atoms with Crippen LogP contribution >= 0.6 is 11.8 Å². The second-order valence-corrected chi connectivity index (χ2v) is 4.94. The van der Waals surface area contributed by atoms with Crippen molar-refractivity contribution in [3.05, 3.63) is 0 Å². The van der Waals surface area contributed by atoms with Gasteiger partial charge in [-0.15, -0.1) is 0 Å². The number of hydrogen-bond donors (Lipinski definition) is 1. The van der Waals surface area contributed by atoms with Crippen LogP contribution in [0.1, 0.15) is 19.8 Å². The molecule has 1 N–H and O–H groups in total. The number of aliphatic hydroxyl groups is 1. The van der Waals surface area contributed by atoms with E-state index in [-0.39, 0.29) is 0 Å². The van der Waals surface area contributed by atoms with E-state index in [1.807, 2.05) is 0 Å². The Morgan fingerprint density at radius 2 is 2.33 bits per heavy atom. The second kappa shape index (κ2) is 5.84. The lowest BCUT2D eigenvalue weighted by Crippen LogP contribution is -2.27. The molecule has 0 bridgehead atoms. The molecular formula is C9H19NOS. The fourth-order valence-electron chi connectivity index (χ4n) is 1.46. The van der Waals surface area contributed by atoms with Crippen LogP contribution in [-0.2, 0) is 0 Å². The molecule has 0 amide bonds. The van der Waals surface area contributed by atoms with Gasteiger partial charge in [-0.1, -0.05) is 6.92 Å². The van der Waals surface area contributed by atoms with Gasteiger partial charge in [0.15, 0.2) is 0 Å². The lowest BCUT2D eigenvalue weighted by atomic mass is 10.3. The fraction of sp³-hybridized carbons (Fsp3) is 1.00. The van der Waals surface area contributed by atoms with Crippen LogP contribution in [0.3, 0.4) is 0 Å². The van der Waals surface area contributed by atoms with Gasteiger partial charge >= 0.3 is 0 Å². The Morgan fingerprint density at radius 1 is 1.50 bits per heavy atom. The highest BCUT2D eigenvalue weighted by atomic mass is 32.2. The van der Waals surface area contributed by atoms with Crippen molar-refractivity contribution in [2.24, 2.45) is 0 Å². The van der Waals surface area contributed by atoms with Crippen molar-refractivity contribution in [3.63, 3.8) is 0 Å². The van der Waals surface area contributed by atoms with Crippen molar-refractivity contribution in [1.29, 1.82) is 0 Å². The third kappa shape index (κ3) is 3.78. The van der Waals surface area contributed by atoms with Crippen LogP contribution in [0.15, 0.2) is 0 Å². The predicted octanol–water partition coefficient (Wildman–Crippen LogP) is 1.20. The van der Waals surface area contributed by atoms with E-state index < -0.39 is 0 Å². The maximum Gasteiger partial charge on any atom is 0.0443 e. The summed E-state index contributed by atoms with van der Waals surface area (Å²) >= 11 is 2.07. The number of aliphatic hydroxyl groups excluding tert-OH is 1. The summed E-state index contributed by atoms with van der Waals surface area (Å²) in [5, 5.41) is 9.51. The van der Waals surface area contributed by atoms with Gasteiger partial charge in [0.05, 0.1) is 0 Å². The molecule has 1 rings (SSSR count). The van der Waals surface area contributed by atoms with Crippen LogP contribution in [0, 0.1) is 0 Å². The summed E-state index contributed by atoms with van der Waals surface area (Å²) in [5.74, 6) is 1.26. The third-order valence-corrected chi connectivity index (χ3v) is 3.52. The first-order chi connectivity index (χ1) is 5.83. The molecule has 1 unspecified atom stereocenters. The zero-order valence-electron chi connectivity index (χ0n) is 7.83. The standard InChI is InChI=1S/C9H19NOS/c1-9-3-5-10(4-2-7-11)6-8-12-9/h9,11H,2-8H2,1H3. The quantitative estimate of drug-likeness (QED) is 0.721. The number of thioether (sulfide) groups is 1. The average molecular weight is 189 g/mol. The minimum absolute atomic E-state index is 0.333. The zero-order valence-corrected chi connectivity index (χ0v) is 8.65. The van der Waals surface area contributed by atoms with Crippen LogP contribution in [-0.4, -0.2) is 47.3 Å². The molecule has 0 aliphatic carbocycles. The SMILES string of the molecule is CC1CCN(CCCO)CCS1. The molecular weight excluding hydrogens is 170 g/mol. The normalized spacial score (nSPS) is 27.0. The molecule has 1 fully saturated rings. The summed E-state index contributed by atoms with van der Waals surface area (Å²) in [5.41, 5.74) is 0. The topological polar surface area (TPSA) is 23.5 Å². The highest BCUT2D eigenvalue weighted by Gasteiger charge is 2.12. The molecule has 0 aromatic heterocycles. The van der Waals surface area contributed by atoms with Gasteiger partial charge in [0.2, 0.25) is 0 Å². The van der Waals surface area contributed by atoms with Gasteiger partial charge in [0, 0.05) is 30.7 Å². The second-order valence-electron chi connectivity index (χ2n) is 3.39. The van der Waals surface area contributed by atoms with Crippen LogP contribution in [0.4, 0.5) is 0 Å². The van der Waals surface area contributed by atoms with Gasteiger partial charge in [-0.25, -0.2) is 0 Å². The van der Waals surface area contributed by atoms with Crippen molar-refractivity contribution < 1.29 is 5.11 Å². The maximum absolute atomic E-state index is 8.69. The Morgan fingerprint density at radius 3 is 3.08 bits per heavy atom. The predicted molar refractivity (Wildman–Crippen MR) is 54.7 cm³/mol. The number of rotatable bonds is 3.